The molecule has 1 aliphatic rings. The fourth-order valence-electron chi connectivity index (χ4n) is 3.68. The Morgan fingerprint density at radius 2 is 1.97 bits per heavy atom. The fraction of sp³-hybridized carbons (Fsp3) is 0.160. The molecule has 0 amide bonds. The average molecular weight is 474 g/mol. The lowest BCUT2D eigenvalue weighted by molar-refractivity contribution is -0.134. The number of nitrogens with two attached hydrogens (primary N) is 1. The molecule has 9 heteroatoms. The van der Waals surface area contributed by atoms with Gasteiger partial charge in [0.25, 0.3) is 5.97 Å². The number of aliphatic imine (C=N–C) groups is 1. The third-order valence-electron chi connectivity index (χ3n) is 5.17. The molecule has 3 heterocycles. The average Bonchev–Trinajstić information content (AvgIpc) is 3.41. The Morgan fingerprint density at radius 1 is 1.18 bits per heavy atom. The molecule has 2 aromatic carbocycles. The molecule has 34 heavy (non-hydrogen) atoms. The summed E-state index contributed by atoms with van der Waals surface area (Å²) in [6, 6.07) is 16.0. The molecule has 4 aromatic rings. The van der Waals surface area contributed by atoms with Crippen molar-refractivity contribution in [3.63, 3.8) is 0 Å². The van der Waals surface area contributed by atoms with Crippen molar-refractivity contribution in [1.29, 1.82) is 0 Å². The Morgan fingerprint density at radius 3 is 2.76 bits per heavy atom. The van der Waals surface area contributed by atoms with E-state index in [-0.39, 0.29) is 11.7 Å². The first-order chi connectivity index (χ1) is 16.4. The largest absolute Gasteiger partial charge is 0.481 e. The normalized spacial score (nSPS) is 11.9. The monoisotopic (exact) mass is 473 g/mol. The number of aliphatic carboxylic acids is 1. The molecule has 5 rings (SSSR count). The number of aromatic nitrogens is 2. The number of carbonyl (C=O) groups excluding carboxylic acids is 1. The summed E-state index contributed by atoms with van der Waals surface area (Å²) >= 11 is 1.72. The number of anilines is 3. The zero-order valence-electron chi connectivity index (χ0n) is 18.5. The predicted molar refractivity (Wildman–Crippen MR) is 135 cm³/mol. The Labute approximate surface area is 200 Å². The molecule has 0 atom stereocenters. The third-order valence-corrected chi connectivity index (χ3v) is 6.18. The number of Topliss-reactive ketones (excluding diaryl/α,β-unsaturated/α-hetero) is 1. The number of fused-ring (bicyclic) bond motifs is 2. The first-order valence-electron chi connectivity index (χ1n) is 10.6. The number of carbonyl (C=O) groups is 2. The Balaban J connectivity index is 0.000000636. The van der Waals surface area contributed by atoms with E-state index >= 15 is 0 Å². The summed E-state index contributed by atoms with van der Waals surface area (Å²) in [6.45, 7) is 1.62. The predicted octanol–water partition coefficient (Wildman–Crippen LogP) is 4.61. The van der Waals surface area contributed by atoms with Crippen LogP contribution < -0.4 is 11.1 Å². The summed E-state index contributed by atoms with van der Waals surface area (Å²) in [7, 11) is 0. The fourth-order valence-corrected chi connectivity index (χ4v) is 4.68. The van der Waals surface area contributed by atoms with E-state index in [2.05, 4.69) is 37.8 Å². The number of nitrogen functional groups attached to an aromatic ring is 1. The summed E-state index contributed by atoms with van der Waals surface area (Å²) < 4.78 is 1.25. The minimum Gasteiger partial charge on any atom is -0.481 e. The highest BCUT2D eigenvalue weighted by Crippen LogP contribution is 2.28. The lowest BCUT2D eigenvalue weighted by Crippen LogP contribution is -2.15. The van der Waals surface area contributed by atoms with E-state index in [1.54, 1.807) is 23.6 Å². The van der Waals surface area contributed by atoms with Gasteiger partial charge >= 0.3 is 0 Å². The van der Waals surface area contributed by atoms with Crippen LogP contribution in [0.2, 0.25) is 0 Å². The number of rotatable bonds is 6. The number of aryl methyl sites for hydroxylation is 1. The minimum absolute atomic E-state index is 0.0764. The van der Waals surface area contributed by atoms with Gasteiger partial charge in [0.2, 0.25) is 5.95 Å². The van der Waals surface area contributed by atoms with Crippen LogP contribution in [0.3, 0.4) is 0 Å². The summed E-state index contributed by atoms with van der Waals surface area (Å²) in [5, 5.41) is 14.0. The molecule has 0 bridgehead atoms. The van der Waals surface area contributed by atoms with Crippen LogP contribution in [0.1, 0.15) is 30.0 Å². The molecular weight excluding hydrogens is 450 g/mol. The van der Waals surface area contributed by atoms with E-state index in [9.17, 15) is 4.79 Å². The number of benzene rings is 2. The van der Waals surface area contributed by atoms with E-state index in [4.69, 9.17) is 15.6 Å². The number of hydrogen-bond donors (Lipinski definition) is 3. The van der Waals surface area contributed by atoms with Crippen LogP contribution in [0.4, 0.5) is 17.5 Å². The highest BCUT2D eigenvalue weighted by Gasteiger charge is 2.22. The van der Waals surface area contributed by atoms with E-state index in [0.717, 1.165) is 30.2 Å². The van der Waals surface area contributed by atoms with Crippen molar-refractivity contribution in [2.45, 2.75) is 26.3 Å². The minimum atomic E-state index is -0.833. The van der Waals surface area contributed by atoms with Crippen LogP contribution in [-0.2, 0) is 22.6 Å². The van der Waals surface area contributed by atoms with Crippen molar-refractivity contribution in [2.24, 2.45) is 4.99 Å². The summed E-state index contributed by atoms with van der Waals surface area (Å²) in [5.41, 5.74) is 10.2. The number of nitrogens with zero attached hydrogens (tertiary/aromatic N) is 3. The van der Waals surface area contributed by atoms with Crippen molar-refractivity contribution in [1.82, 2.24) is 9.97 Å². The van der Waals surface area contributed by atoms with Crippen LogP contribution in [0.5, 0.6) is 0 Å². The summed E-state index contributed by atoms with van der Waals surface area (Å²) in [5.74, 6) is 0.0570. The van der Waals surface area contributed by atoms with Crippen LogP contribution in [0.25, 0.3) is 10.1 Å². The lowest BCUT2D eigenvalue weighted by atomic mass is 9.98. The molecule has 0 radical (unpaired) electrons. The second-order valence-electron chi connectivity index (χ2n) is 7.66. The van der Waals surface area contributed by atoms with Gasteiger partial charge in [-0.25, -0.2) is 4.98 Å². The zero-order chi connectivity index (χ0) is 24.1. The van der Waals surface area contributed by atoms with Crippen molar-refractivity contribution < 1.29 is 14.7 Å². The maximum absolute atomic E-state index is 13.0. The Hall–Kier alpha value is -4.11. The second kappa shape index (κ2) is 10.2. The smallest absolute Gasteiger partial charge is 0.300 e. The quantitative estimate of drug-likeness (QED) is 0.373. The third kappa shape index (κ3) is 5.44. The van der Waals surface area contributed by atoms with Crippen molar-refractivity contribution in [2.75, 3.05) is 11.1 Å². The number of carboxylic acid groups (broad SMARTS) is 1. The summed E-state index contributed by atoms with van der Waals surface area (Å²) in [4.78, 5) is 34.5. The Kier molecular flexibility index (Phi) is 6.93. The van der Waals surface area contributed by atoms with Gasteiger partial charge in [-0.1, -0.05) is 24.3 Å². The van der Waals surface area contributed by atoms with Gasteiger partial charge in [0.05, 0.1) is 6.54 Å². The second-order valence-corrected chi connectivity index (χ2v) is 8.57. The molecule has 2 aromatic heterocycles. The zero-order valence-corrected chi connectivity index (χ0v) is 19.3. The molecule has 0 spiro atoms. The van der Waals surface area contributed by atoms with Gasteiger partial charge in [0.1, 0.15) is 11.5 Å². The molecule has 0 saturated heterocycles. The highest BCUT2D eigenvalue weighted by atomic mass is 32.1. The number of ketones is 1. The molecule has 8 nitrogen and oxygen atoms in total. The highest BCUT2D eigenvalue weighted by molar-refractivity contribution is 7.17. The first-order valence-corrected chi connectivity index (χ1v) is 11.5. The number of nitrogens with one attached hydrogen (secondary N) is 1. The van der Waals surface area contributed by atoms with Crippen LogP contribution in [-0.4, -0.2) is 32.5 Å². The first kappa shape index (κ1) is 23.1. The van der Waals surface area contributed by atoms with Crippen LogP contribution >= 0.6 is 11.3 Å². The molecule has 0 unspecified atom stereocenters. The van der Waals surface area contributed by atoms with Crippen molar-refractivity contribution in [3.8, 4) is 0 Å². The summed E-state index contributed by atoms with van der Waals surface area (Å²) in [6.07, 6.45) is 2.76. The van der Waals surface area contributed by atoms with E-state index in [0.29, 0.717) is 24.5 Å². The molecule has 172 valence electrons. The standard InChI is InChI=1S/C23H19N5OS.C2H4O2/c24-23-25-10-9-21(28-23)27-16-7-5-14-12-26-22(18(14)11-16)19(29)8-6-15-13-30-20-4-2-1-3-17(15)20;1-2(3)4/h1-5,7,9-11,13H,6,8,12H2,(H3,24,25,27,28);1H3,(H,3,4). The van der Waals surface area contributed by atoms with Gasteiger partial charge in [0.15, 0.2) is 5.78 Å². The molecule has 0 aliphatic carbocycles. The van der Waals surface area contributed by atoms with Gasteiger partial charge in [-0.3, -0.25) is 14.6 Å². The number of carboxylic acids is 1. The van der Waals surface area contributed by atoms with Gasteiger partial charge in [0, 0.05) is 35.5 Å². The van der Waals surface area contributed by atoms with Gasteiger partial charge in [-0.05, 0) is 52.6 Å². The maximum atomic E-state index is 13.0. The molecule has 1 aliphatic heterocycles. The number of thiophene rings is 1. The van der Waals surface area contributed by atoms with E-state index < -0.39 is 5.97 Å². The molecular formula is C25H23N5O3S. The van der Waals surface area contributed by atoms with Crippen molar-refractivity contribution >= 4 is 56.3 Å². The molecule has 0 fully saturated rings. The van der Waals surface area contributed by atoms with Gasteiger partial charge in [-0.2, -0.15) is 4.98 Å². The molecule has 4 N–H and O–H groups in total. The molecule has 0 saturated carbocycles. The SMILES string of the molecule is CC(=O)O.Nc1nccc(Nc2ccc3c(c2)C(C(=O)CCc2csc4ccccc24)=NC3)n1. The van der Waals surface area contributed by atoms with Crippen molar-refractivity contribution in [3.05, 3.63) is 76.8 Å². The Bertz CT molecular complexity index is 1390. The van der Waals surface area contributed by atoms with Crippen LogP contribution in [0, 0.1) is 0 Å². The maximum Gasteiger partial charge on any atom is 0.300 e. The number of hydrogen-bond acceptors (Lipinski definition) is 8. The van der Waals surface area contributed by atoms with Gasteiger partial charge in [-0.15, -0.1) is 11.3 Å². The lowest BCUT2D eigenvalue weighted by Gasteiger charge is -2.09. The topological polar surface area (TPSA) is 131 Å². The van der Waals surface area contributed by atoms with Gasteiger partial charge < -0.3 is 16.2 Å². The van der Waals surface area contributed by atoms with E-state index in [1.807, 2.05) is 30.3 Å². The van der Waals surface area contributed by atoms with E-state index in [1.165, 1.54) is 15.6 Å². The van der Waals surface area contributed by atoms with Crippen LogP contribution in [0.15, 0.2) is 65.1 Å².